The van der Waals surface area contributed by atoms with Crippen molar-refractivity contribution in [1.82, 2.24) is 4.90 Å². The molecule has 2 rings (SSSR count). The Kier molecular flexibility index (Phi) is 3.77. The van der Waals surface area contributed by atoms with Gasteiger partial charge in [0.05, 0.1) is 10.6 Å². The molecule has 1 aromatic carbocycles. The van der Waals surface area contributed by atoms with Crippen LogP contribution >= 0.6 is 11.6 Å². The highest BCUT2D eigenvalue weighted by Gasteiger charge is 2.34. The summed E-state index contributed by atoms with van der Waals surface area (Å²) in [6, 6.07) is 4.48. The van der Waals surface area contributed by atoms with E-state index in [9.17, 15) is 9.90 Å². The number of carbonyl (C=O) groups excluding carboxylic acids is 1. The molecule has 4 heteroatoms. The van der Waals surface area contributed by atoms with Crippen molar-refractivity contribution in [3.05, 3.63) is 28.8 Å². The van der Waals surface area contributed by atoms with Gasteiger partial charge in [0, 0.05) is 13.1 Å². The first-order chi connectivity index (χ1) is 8.79. The van der Waals surface area contributed by atoms with Crippen molar-refractivity contribution in [2.75, 3.05) is 13.1 Å². The smallest absolute Gasteiger partial charge is 0.255 e. The zero-order valence-electron chi connectivity index (χ0n) is 11.6. The van der Waals surface area contributed by atoms with Crippen molar-refractivity contribution in [2.24, 2.45) is 11.3 Å². The molecule has 3 nitrogen and oxygen atoms in total. The summed E-state index contributed by atoms with van der Waals surface area (Å²) >= 11 is 6.04. The Morgan fingerprint density at radius 2 is 2.11 bits per heavy atom. The maximum absolute atomic E-state index is 12.4. The molecule has 1 amide bonds. The van der Waals surface area contributed by atoms with Crippen LogP contribution in [0.1, 0.15) is 37.6 Å². The first-order valence-corrected chi connectivity index (χ1v) is 6.94. The zero-order valence-corrected chi connectivity index (χ0v) is 12.4. The van der Waals surface area contributed by atoms with E-state index < -0.39 is 0 Å². The number of hydrogen-bond acceptors (Lipinski definition) is 2. The van der Waals surface area contributed by atoms with E-state index in [0.29, 0.717) is 16.5 Å². The average Bonchev–Trinajstić information content (AvgIpc) is 2.80. The Labute approximate surface area is 119 Å². The van der Waals surface area contributed by atoms with E-state index in [0.717, 1.165) is 19.5 Å². The Bertz CT molecular complexity index is 493. The second-order valence-electron chi connectivity index (χ2n) is 6.27. The lowest BCUT2D eigenvalue weighted by Gasteiger charge is -2.27. The van der Waals surface area contributed by atoms with Crippen LogP contribution in [0, 0.1) is 11.3 Å². The molecule has 0 aromatic heterocycles. The summed E-state index contributed by atoms with van der Waals surface area (Å²) in [5.74, 6) is 0.486. The van der Waals surface area contributed by atoms with Gasteiger partial charge in [0.15, 0.2) is 0 Å². The normalized spacial score (nSPS) is 19.8. The van der Waals surface area contributed by atoms with E-state index >= 15 is 0 Å². The molecule has 1 atom stereocenters. The molecule has 1 aliphatic rings. The SMILES string of the molecule is CC(C)(C)C1CCN(C(=O)c2cc(O)ccc2Cl)C1. The van der Waals surface area contributed by atoms with Crippen LogP contribution in [0.15, 0.2) is 18.2 Å². The summed E-state index contributed by atoms with van der Waals surface area (Å²) in [5.41, 5.74) is 0.591. The van der Waals surface area contributed by atoms with Gasteiger partial charge < -0.3 is 10.0 Å². The van der Waals surface area contributed by atoms with Gasteiger partial charge in [-0.2, -0.15) is 0 Å². The van der Waals surface area contributed by atoms with Gasteiger partial charge in [-0.3, -0.25) is 4.79 Å². The van der Waals surface area contributed by atoms with E-state index in [1.54, 1.807) is 6.07 Å². The molecule has 104 valence electrons. The molecule has 1 unspecified atom stereocenters. The average molecular weight is 282 g/mol. The molecule has 1 N–H and O–H groups in total. The fraction of sp³-hybridized carbons (Fsp3) is 0.533. The maximum Gasteiger partial charge on any atom is 0.255 e. The van der Waals surface area contributed by atoms with Crippen molar-refractivity contribution in [3.63, 3.8) is 0 Å². The highest BCUT2D eigenvalue weighted by Crippen LogP contribution is 2.34. The summed E-state index contributed by atoms with van der Waals surface area (Å²) < 4.78 is 0. The van der Waals surface area contributed by atoms with Crippen LogP contribution in [0.2, 0.25) is 5.02 Å². The van der Waals surface area contributed by atoms with Crippen molar-refractivity contribution in [1.29, 1.82) is 0 Å². The minimum absolute atomic E-state index is 0.0688. The number of likely N-dealkylation sites (tertiary alicyclic amines) is 1. The zero-order chi connectivity index (χ0) is 14.2. The van der Waals surface area contributed by atoms with Gasteiger partial charge in [-0.05, 0) is 36.0 Å². The third-order valence-electron chi connectivity index (χ3n) is 3.88. The monoisotopic (exact) mass is 281 g/mol. The second-order valence-corrected chi connectivity index (χ2v) is 6.67. The Morgan fingerprint density at radius 3 is 2.68 bits per heavy atom. The van der Waals surface area contributed by atoms with E-state index in [4.69, 9.17) is 11.6 Å². The fourth-order valence-electron chi connectivity index (χ4n) is 2.50. The van der Waals surface area contributed by atoms with Crippen LogP contribution in [0.4, 0.5) is 0 Å². The quantitative estimate of drug-likeness (QED) is 0.855. The van der Waals surface area contributed by atoms with E-state index in [2.05, 4.69) is 20.8 Å². The minimum Gasteiger partial charge on any atom is -0.508 e. The van der Waals surface area contributed by atoms with Crippen LogP contribution in [-0.4, -0.2) is 29.0 Å². The molecular formula is C15H20ClNO2. The predicted octanol–water partition coefficient (Wildman–Crippen LogP) is 3.55. The standard InChI is InChI=1S/C15H20ClNO2/c1-15(2,3)10-6-7-17(9-10)14(19)12-8-11(18)4-5-13(12)16/h4-5,8,10,18H,6-7,9H2,1-3H3. The summed E-state index contributed by atoms with van der Waals surface area (Å²) in [6.07, 6.45) is 1.02. The first kappa shape index (κ1) is 14.2. The second kappa shape index (κ2) is 5.04. The number of rotatable bonds is 1. The van der Waals surface area contributed by atoms with Crippen LogP contribution < -0.4 is 0 Å². The van der Waals surface area contributed by atoms with E-state index in [1.807, 2.05) is 4.90 Å². The molecule has 1 aromatic rings. The summed E-state index contributed by atoms with van der Waals surface area (Å²) in [5, 5.41) is 9.87. The number of aromatic hydroxyl groups is 1. The van der Waals surface area contributed by atoms with Crippen molar-refractivity contribution >= 4 is 17.5 Å². The largest absolute Gasteiger partial charge is 0.508 e. The van der Waals surface area contributed by atoms with E-state index in [-0.39, 0.29) is 17.1 Å². The minimum atomic E-state index is -0.0901. The fourth-order valence-corrected chi connectivity index (χ4v) is 2.70. The topological polar surface area (TPSA) is 40.5 Å². The summed E-state index contributed by atoms with van der Waals surface area (Å²) in [4.78, 5) is 14.3. The number of nitrogens with zero attached hydrogens (tertiary/aromatic N) is 1. The number of amides is 1. The predicted molar refractivity (Wildman–Crippen MR) is 76.6 cm³/mol. The molecular weight excluding hydrogens is 262 g/mol. The van der Waals surface area contributed by atoms with Gasteiger partial charge in [0.2, 0.25) is 0 Å². The van der Waals surface area contributed by atoms with Crippen LogP contribution in [-0.2, 0) is 0 Å². The van der Waals surface area contributed by atoms with Crippen LogP contribution in [0.3, 0.4) is 0 Å². The number of carbonyl (C=O) groups is 1. The molecule has 0 spiro atoms. The number of phenolic OH excluding ortho intramolecular Hbond substituents is 1. The molecule has 0 bridgehead atoms. The first-order valence-electron chi connectivity index (χ1n) is 6.57. The number of halogens is 1. The van der Waals surface area contributed by atoms with Gasteiger partial charge in [-0.15, -0.1) is 0 Å². The summed E-state index contributed by atoms with van der Waals surface area (Å²) in [6.45, 7) is 8.12. The molecule has 0 aliphatic carbocycles. The molecule has 0 saturated carbocycles. The van der Waals surface area contributed by atoms with Gasteiger partial charge in [-0.1, -0.05) is 32.4 Å². The van der Waals surface area contributed by atoms with Gasteiger partial charge in [0.1, 0.15) is 5.75 Å². The Morgan fingerprint density at radius 1 is 1.42 bits per heavy atom. The van der Waals surface area contributed by atoms with Crippen LogP contribution in [0.5, 0.6) is 5.75 Å². The lowest BCUT2D eigenvalue weighted by Crippen LogP contribution is -2.31. The molecule has 19 heavy (non-hydrogen) atoms. The highest BCUT2D eigenvalue weighted by molar-refractivity contribution is 6.33. The van der Waals surface area contributed by atoms with Gasteiger partial charge >= 0.3 is 0 Å². The Balaban J connectivity index is 2.16. The molecule has 1 aliphatic heterocycles. The lowest BCUT2D eigenvalue weighted by molar-refractivity contribution is 0.0776. The maximum atomic E-state index is 12.4. The number of phenols is 1. The molecule has 1 saturated heterocycles. The van der Waals surface area contributed by atoms with Gasteiger partial charge in [-0.25, -0.2) is 0 Å². The van der Waals surface area contributed by atoms with Crippen LogP contribution in [0.25, 0.3) is 0 Å². The van der Waals surface area contributed by atoms with E-state index in [1.165, 1.54) is 12.1 Å². The lowest BCUT2D eigenvalue weighted by atomic mass is 9.80. The molecule has 1 heterocycles. The van der Waals surface area contributed by atoms with Crippen molar-refractivity contribution in [2.45, 2.75) is 27.2 Å². The molecule has 0 radical (unpaired) electrons. The summed E-state index contributed by atoms with van der Waals surface area (Å²) in [7, 11) is 0. The third-order valence-corrected chi connectivity index (χ3v) is 4.21. The molecule has 1 fully saturated rings. The third kappa shape index (κ3) is 3.03. The number of hydrogen-bond donors (Lipinski definition) is 1. The van der Waals surface area contributed by atoms with Crippen molar-refractivity contribution in [3.8, 4) is 5.75 Å². The Hall–Kier alpha value is -1.22. The van der Waals surface area contributed by atoms with Gasteiger partial charge in [0.25, 0.3) is 5.91 Å². The highest BCUT2D eigenvalue weighted by atomic mass is 35.5. The number of benzene rings is 1. The van der Waals surface area contributed by atoms with Crippen molar-refractivity contribution < 1.29 is 9.90 Å².